The van der Waals surface area contributed by atoms with E-state index in [9.17, 15) is 0 Å². The zero-order valence-corrected chi connectivity index (χ0v) is 9.01. The molecule has 2 rings (SSSR count). The third-order valence-corrected chi connectivity index (χ3v) is 2.05. The van der Waals surface area contributed by atoms with Crippen LogP contribution in [0.2, 0.25) is 0 Å². The van der Waals surface area contributed by atoms with Crippen molar-refractivity contribution in [1.29, 1.82) is 0 Å². The molecule has 0 bridgehead atoms. The van der Waals surface area contributed by atoms with E-state index in [0.29, 0.717) is 11.8 Å². The van der Waals surface area contributed by atoms with Gasteiger partial charge in [0.2, 0.25) is 11.9 Å². The molecule has 1 aromatic carbocycles. The van der Waals surface area contributed by atoms with Crippen molar-refractivity contribution < 1.29 is 0 Å². The zero-order valence-electron chi connectivity index (χ0n) is 9.01. The van der Waals surface area contributed by atoms with E-state index in [1.54, 1.807) is 0 Å². The molecule has 5 heteroatoms. The first-order valence-electron chi connectivity index (χ1n) is 5.10. The Morgan fingerprint density at radius 2 is 1.88 bits per heavy atom. The summed E-state index contributed by atoms with van der Waals surface area (Å²) in [6.45, 7) is 1.97. The summed E-state index contributed by atoms with van der Waals surface area (Å²) in [7, 11) is 0. The number of aromatic nitrogens is 3. The van der Waals surface area contributed by atoms with Crippen LogP contribution in [0.3, 0.4) is 0 Å². The lowest BCUT2D eigenvalue weighted by Gasteiger charge is -2.05. The minimum atomic E-state index is 0.241. The van der Waals surface area contributed by atoms with Gasteiger partial charge in [0.25, 0.3) is 0 Å². The van der Waals surface area contributed by atoms with E-state index in [1.165, 1.54) is 0 Å². The molecule has 16 heavy (non-hydrogen) atoms. The third-order valence-electron chi connectivity index (χ3n) is 2.05. The molecule has 82 valence electrons. The Morgan fingerprint density at radius 1 is 1.12 bits per heavy atom. The molecular formula is C11H13N5. The van der Waals surface area contributed by atoms with E-state index in [0.717, 1.165) is 12.1 Å². The van der Waals surface area contributed by atoms with Crippen molar-refractivity contribution in [2.24, 2.45) is 0 Å². The molecule has 0 fully saturated rings. The minimum Gasteiger partial charge on any atom is -0.368 e. The summed E-state index contributed by atoms with van der Waals surface area (Å²) in [6.07, 6.45) is 0.732. The lowest BCUT2D eigenvalue weighted by atomic mass is 10.3. The molecule has 2 aromatic rings. The number of rotatable bonds is 3. The standard InChI is InChI=1S/C11H13N5/c1-2-9-14-10(12)16-11(15-9)13-8-6-4-3-5-7-8/h3-7H,2H2,1H3,(H3,12,13,14,15,16). The molecular weight excluding hydrogens is 202 g/mol. The second kappa shape index (κ2) is 4.57. The smallest absolute Gasteiger partial charge is 0.232 e. The van der Waals surface area contributed by atoms with Crippen LogP contribution >= 0.6 is 0 Å². The second-order valence-corrected chi connectivity index (χ2v) is 3.28. The number of nitrogens with zero attached hydrogens (tertiary/aromatic N) is 3. The van der Waals surface area contributed by atoms with Crippen molar-refractivity contribution in [1.82, 2.24) is 15.0 Å². The van der Waals surface area contributed by atoms with Crippen LogP contribution in [0.4, 0.5) is 17.6 Å². The maximum Gasteiger partial charge on any atom is 0.232 e. The summed E-state index contributed by atoms with van der Waals surface area (Å²) >= 11 is 0. The fourth-order valence-corrected chi connectivity index (χ4v) is 1.30. The molecule has 0 saturated heterocycles. The normalized spacial score (nSPS) is 10.1. The number of nitrogens with two attached hydrogens (primary N) is 1. The maximum atomic E-state index is 5.59. The molecule has 0 unspecified atom stereocenters. The summed E-state index contributed by atoms with van der Waals surface area (Å²) in [5.74, 6) is 1.41. The molecule has 5 nitrogen and oxygen atoms in total. The average Bonchev–Trinajstić information content (AvgIpc) is 2.29. The summed E-state index contributed by atoms with van der Waals surface area (Å²) in [5, 5.41) is 3.08. The Morgan fingerprint density at radius 3 is 2.56 bits per heavy atom. The van der Waals surface area contributed by atoms with Gasteiger partial charge in [0.15, 0.2) is 0 Å². The van der Waals surface area contributed by atoms with Gasteiger partial charge in [0.1, 0.15) is 5.82 Å². The monoisotopic (exact) mass is 215 g/mol. The Bertz CT molecular complexity index is 469. The van der Waals surface area contributed by atoms with Crippen LogP contribution in [-0.4, -0.2) is 15.0 Å². The van der Waals surface area contributed by atoms with E-state index in [2.05, 4.69) is 20.3 Å². The molecule has 0 spiro atoms. The number of anilines is 3. The zero-order chi connectivity index (χ0) is 11.4. The van der Waals surface area contributed by atoms with Crippen molar-refractivity contribution in [3.63, 3.8) is 0 Å². The highest BCUT2D eigenvalue weighted by Gasteiger charge is 2.02. The lowest BCUT2D eigenvalue weighted by Crippen LogP contribution is -2.06. The molecule has 1 aromatic heterocycles. The van der Waals surface area contributed by atoms with E-state index in [-0.39, 0.29) is 5.95 Å². The minimum absolute atomic E-state index is 0.241. The van der Waals surface area contributed by atoms with Crippen molar-refractivity contribution in [2.45, 2.75) is 13.3 Å². The van der Waals surface area contributed by atoms with Gasteiger partial charge in [-0.3, -0.25) is 0 Å². The Labute approximate surface area is 93.8 Å². The largest absolute Gasteiger partial charge is 0.368 e. The van der Waals surface area contributed by atoms with Gasteiger partial charge in [-0.05, 0) is 12.1 Å². The first-order valence-corrected chi connectivity index (χ1v) is 5.10. The van der Waals surface area contributed by atoms with Crippen LogP contribution in [-0.2, 0) is 6.42 Å². The fourth-order valence-electron chi connectivity index (χ4n) is 1.30. The first kappa shape index (κ1) is 10.4. The molecule has 0 aliphatic rings. The number of hydrogen-bond acceptors (Lipinski definition) is 5. The number of nitrogens with one attached hydrogen (secondary N) is 1. The number of para-hydroxylation sites is 1. The van der Waals surface area contributed by atoms with Crippen LogP contribution in [0.15, 0.2) is 30.3 Å². The van der Waals surface area contributed by atoms with Gasteiger partial charge in [-0.1, -0.05) is 25.1 Å². The van der Waals surface area contributed by atoms with E-state index in [1.807, 2.05) is 37.3 Å². The topological polar surface area (TPSA) is 76.7 Å². The first-order chi connectivity index (χ1) is 7.78. The van der Waals surface area contributed by atoms with Crippen LogP contribution in [0.1, 0.15) is 12.7 Å². The maximum absolute atomic E-state index is 5.59. The molecule has 0 amide bonds. The molecule has 0 aliphatic carbocycles. The van der Waals surface area contributed by atoms with Crippen molar-refractivity contribution in [3.8, 4) is 0 Å². The Balaban J connectivity index is 2.24. The molecule has 3 N–H and O–H groups in total. The van der Waals surface area contributed by atoms with E-state index < -0.39 is 0 Å². The summed E-state index contributed by atoms with van der Waals surface area (Å²) in [6, 6.07) is 9.70. The van der Waals surface area contributed by atoms with Crippen molar-refractivity contribution in [2.75, 3.05) is 11.1 Å². The van der Waals surface area contributed by atoms with Crippen molar-refractivity contribution >= 4 is 17.6 Å². The molecule has 0 aliphatic heterocycles. The van der Waals surface area contributed by atoms with Gasteiger partial charge in [0.05, 0.1) is 0 Å². The highest BCUT2D eigenvalue weighted by atomic mass is 15.2. The Kier molecular flexibility index (Phi) is 2.95. The third kappa shape index (κ3) is 2.44. The van der Waals surface area contributed by atoms with Gasteiger partial charge < -0.3 is 11.1 Å². The summed E-state index contributed by atoms with van der Waals surface area (Å²) in [5.41, 5.74) is 6.51. The summed E-state index contributed by atoms with van der Waals surface area (Å²) in [4.78, 5) is 12.3. The van der Waals surface area contributed by atoms with Gasteiger partial charge in [-0.25, -0.2) is 0 Å². The van der Waals surface area contributed by atoms with Gasteiger partial charge in [-0.2, -0.15) is 15.0 Å². The van der Waals surface area contributed by atoms with Crippen LogP contribution in [0.5, 0.6) is 0 Å². The molecule has 0 radical (unpaired) electrons. The fraction of sp³-hybridized carbons (Fsp3) is 0.182. The van der Waals surface area contributed by atoms with Crippen LogP contribution < -0.4 is 11.1 Å². The summed E-state index contributed by atoms with van der Waals surface area (Å²) < 4.78 is 0. The SMILES string of the molecule is CCc1nc(N)nc(Nc2ccccc2)n1. The average molecular weight is 215 g/mol. The highest BCUT2D eigenvalue weighted by molar-refractivity contribution is 5.53. The highest BCUT2D eigenvalue weighted by Crippen LogP contribution is 2.12. The predicted molar refractivity (Wildman–Crippen MR) is 63.3 cm³/mol. The van der Waals surface area contributed by atoms with Gasteiger partial charge in [0, 0.05) is 12.1 Å². The van der Waals surface area contributed by atoms with Crippen molar-refractivity contribution in [3.05, 3.63) is 36.2 Å². The number of nitrogen functional groups attached to an aromatic ring is 1. The Hall–Kier alpha value is -2.17. The number of benzene rings is 1. The predicted octanol–water partition coefficient (Wildman–Crippen LogP) is 1.76. The molecule has 1 heterocycles. The molecule has 0 atom stereocenters. The number of aryl methyl sites for hydroxylation is 1. The van der Waals surface area contributed by atoms with Gasteiger partial charge in [-0.15, -0.1) is 0 Å². The lowest BCUT2D eigenvalue weighted by molar-refractivity contribution is 0.913. The quantitative estimate of drug-likeness (QED) is 0.815. The second-order valence-electron chi connectivity index (χ2n) is 3.28. The van der Waals surface area contributed by atoms with E-state index >= 15 is 0 Å². The number of hydrogen-bond donors (Lipinski definition) is 2. The van der Waals surface area contributed by atoms with E-state index in [4.69, 9.17) is 5.73 Å². The van der Waals surface area contributed by atoms with Crippen LogP contribution in [0, 0.1) is 0 Å². The molecule has 0 saturated carbocycles. The van der Waals surface area contributed by atoms with Gasteiger partial charge >= 0.3 is 0 Å². The van der Waals surface area contributed by atoms with Crippen LogP contribution in [0.25, 0.3) is 0 Å².